The molecule has 0 atom stereocenters. The zero-order chi connectivity index (χ0) is 18.4. The van der Waals surface area contributed by atoms with Crippen LogP contribution in [0, 0.1) is 6.92 Å². The number of anilines is 1. The van der Waals surface area contributed by atoms with Gasteiger partial charge in [0, 0.05) is 22.6 Å². The monoisotopic (exact) mass is 371 g/mol. The molecule has 1 aliphatic rings. The van der Waals surface area contributed by atoms with Crippen LogP contribution < -0.4 is 14.8 Å². The van der Waals surface area contributed by atoms with E-state index >= 15 is 0 Å². The lowest BCUT2D eigenvalue weighted by atomic mass is 10.1. The van der Waals surface area contributed by atoms with E-state index in [0.29, 0.717) is 38.9 Å². The van der Waals surface area contributed by atoms with Gasteiger partial charge < -0.3 is 19.2 Å². The number of hydrogen-bond donors (Lipinski definition) is 1. The van der Waals surface area contributed by atoms with E-state index in [9.17, 15) is 9.59 Å². The summed E-state index contributed by atoms with van der Waals surface area (Å²) in [6.07, 6.45) is 0. The fourth-order valence-corrected chi connectivity index (χ4v) is 3.15. The summed E-state index contributed by atoms with van der Waals surface area (Å²) in [6.45, 7) is 3.27. The number of aryl methyl sites for hydroxylation is 1. The molecule has 1 amide bonds. The highest BCUT2D eigenvalue weighted by Crippen LogP contribution is 2.38. The van der Waals surface area contributed by atoms with Crippen LogP contribution in [0.25, 0.3) is 11.0 Å². The first-order valence-electron chi connectivity index (χ1n) is 7.89. The molecule has 1 aliphatic heterocycles. The Labute approximate surface area is 153 Å². The third kappa shape index (κ3) is 2.59. The number of rotatable bonds is 3. The third-order valence-electron chi connectivity index (χ3n) is 4.26. The smallest absolute Gasteiger partial charge is 0.291 e. The number of hydrogen-bond acceptors (Lipinski definition) is 5. The van der Waals surface area contributed by atoms with E-state index in [2.05, 4.69) is 5.32 Å². The quantitative estimate of drug-likeness (QED) is 0.682. The number of amides is 1. The van der Waals surface area contributed by atoms with Gasteiger partial charge in [0.25, 0.3) is 5.91 Å². The predicted octanol–water partition coefficient (Wildman–Crippen LogP) is 4.58. The van der Waals surface area contributed by atoms with Crippen molar-refractivity contribution < 1.29 is 23.5 Å². The van der Waals surface area contributed by atoms with Crippen molar-refractivity contribution >= 4 is 39.9 Å². The van der Waals surface area contributed by atoms with Gasteiger partial charge in [-0.1, -0.05) is 23.7 Å². The molecular weight excluding hydrogens is 358 g/mol. The van der Waals surface area contributed by atoms with Gasteiger partial charge in [-0.25, -0.2) is 0 Å². The maximum absolute atomic E-state index is 12.8. The van der Waals surface area contributed by atoms with Gasteiger partial charge in [0.05, 0.1) is 10.7 Å². The zero-order valence-electron chi connectivity index (χ0n) is 14.0. The van der Waals surface area contributed by atoms with Crippen molar-refractivity contribution in [1.29, 1.82) is 0 Å². The Morgan fingerprint density at radius 2 is 1.88 bits per heavy atom. The first-order valence-corrected chi connectivity index (χ1v) is 8.27. The van der Waals surface area contributed by atoms with E-state index in [1.54, 1.807) is 31.2 Å². The molecule has 0 saturated carbocycles. The van der Waals surface area contributed by atoms with Crippen molar-refractivity contribution in [3.05, 3.63) is 52.2 Å². The summed E-state index contributed by atoms with van der Waals surface area (Å²) in [4.78, 5) is 24.7. The highest BCUT2D eigenvalue weighted by Gasteiger charge is 2.23. The molecule has 0 saturated heterocycles. The number of halogens is 1. The first kappa shape index (κ1) is 16.5. The van der Waals surface area contributed by atoms with Gasteiger partial charge in [0.2, 0.25) is 6.79 Å². The Balaban J connectivity index is 1.74. The van der Waals surface area contributed by atoms with Gasteiger partial charge in [-0.15, -0.1) is 0 Å². The molecule has 1 N–H and O–H groups in total. The molecule has 7 heteroatoms. The molecule has 0 fully saturated rings. The minimum absolute atomic E-state index is 0.0747. The summed E-state index contributed by atoms with van der Waals surface area (Å²) in [6, 6.07) is 8.45. The zero-order valence-corrected chi connectivity index (χ0v) is 14.8. The molecule has 0 aliphatic carbocycles. The number of carbonyl (C=O) groups is 2. The summed E-state index contributed by atoms with van der Waals surface area (Å²) in [5.41, 5.74) is 1.78. The predicted molar refractivity (Wildman–Crippen MR) is 96.5 cm³/mol. The Bertz CT molecular complexity index is 1070. The van der Waals surface area contributed by atoms with Gasteiger partial charge in [-0.3, -0.25) is 9.59 Å². The van der Waals surface area contributed by atoms with Crippen molar-refractivity contribution in [2.45, 2.75) is 13.8 Å². The van der Waals surface area contributed by atoms with Gasteiger partial charge in [0.15, 0.2) is 28.6 Å². The van der Waals surface area contributed by atoms with E-state index in [-0.39, 0.29) is 18.3 Å². The molecular formula is C19H14ClNO5. The van der Waals surface area contributed by atoms with E-state index < -0.39 is 5.91 Å². The molecule has 0 unspecified atom stereocenters. The van der Waals surface area contributed by atoms with Crippen LogP contribution in [0.4, 0.5) is 5.69 Å². The number of furan rings is 1. The number of benzene rings is 2. The summed E-state index contributed by atoms with van der Waals surface area (Å²) < 4.78 is 16.3. The number of ether oxygens (including phenoxy) is 2. The van der Waals surface area contributed by atoms with E-state index in [1.165, 1.54) is 6.92 Å². The summed E-state index contributed by atoms with van der Waals surface area (Å²) in [5.74, 6) is 0.397. The van der Waals surface area contributed by atoms with Crippen LogP contribution in [0.5, 0.6) is 11.5 Å². The van der Waals surface area contributed by atoms with E-state index in [0.717, 1.165) is 5.39 Å². The summed E-state index contributed by atoms with van der Waals surface area (Å²) in [5, 5.41) is 3.92. The number of ketones is 1. The molecule has 2 aromatic carbocycles. The number of Topliss-reactive ketones (excluding diaryl/α,β-unsaturated/α-hetero) is 1. The lowest BCUT2D eigenvalue weighted by Crippen LogP contribution is -2.14. The topological polar surface area (TPSA) is 77.8 Å². The molecule has 26 heavy (non-hydrogen) atoms. The standard InChI is InChI=1S/C19H14ClNO5/c1-9-11-4-3-5-13(20)18(11)26-17(9)19(23)21-14-7-16-15(24-8-25-16)6-12(14)10(2)22/h3-7H,8H2,1-2H3,(H,21,23). The highest BCUT2D eigenvalue weighted by molar-refractivity contribution is 6.35. The molecule has 4 rings (SSSR count). The highest BCUT2D eigenvalue weighted by atomic mass is 35.5. The minimum atomic E-state index is -0.476. The van der Waals surface area contributed by atoms with Crippen LogP contribution in [-0.2, 0) is 0 Å². The SMILES string of the molecule is CC(=O)c1cc2c(cc1NC(=O)c1oc3c(Cl)cccc3c1C)OCO2. The fraction of sp³-hybridized carbons (Fsp3) is 0.158. The maximum Gasteiger partial charge on any atom is 0.291 e. The molecule has 0 radical (unpaired) electrons. The van der Waals surface area contributed by atoms with Gasteiger partial charge in [0.1, 0.15) is 0 Å². The molecule has 1 aromatic heterocycles. The average molecular weight is 372 g/mol. The molecule has 3 aromatic rings. The van der Waals surface area contributed by atoms with Crippen molar-refractivity contribution in [3.8, 4) is 11.5 Å². The van der Waals surface area contributed by atoms with Crippen molar-refractivity contribution in [1.82, 2.24) is 0 Å². The Morgan fingerprint density at radius 1 is 1.15 bits per heavy atom. The van der Waals surface area contributed by atoms with Crippen LogP contribution in [0.15, 0.2) is 34.7 Å². The lowest BCUT2D eigenvalue weighted by Gasteiger charge is -2.10. The molecule has 0 bridgehead atoms. The van der Waals surface area contributed by atoms with Crippen molar-refractivity contribution in [2.75, 3.05) is 12.1 Å². The Hall–Kier alpha value is -2.99. The Morgan fingerprint density at radius 3 is 2.58 bits per heavy atom. The van der Waals surface area contributed by atoms with E-state index in [4.69, 9.17) is 25.5 Å². The van der Waals surface area contributed by atoms with Crippen LogP contribution in [0.3, 0.4) is 0 Å². The number of nitrogens with one attached hydrogen (secondary N) is 1. The second kappa shape index (κ2) is 6.07. The normalized spacial score (nSPS) is 12.4. The fourth-order valence-electron chi connectivity index (χ4n) is 2.94. The van der Waals surface area contributed by atoms with Crippen LogP contribution in [0.2, 0.25) is 5.02 Å². The first-order chi connectivity index (χ1) is 12.5. The van der Waals surface area contributed by atoms with E-state index in [1.807, 2.05) is 6.07 Å². The van der Waals surface area contributed by atoms with Crippen molar-refractivity contribution in [2.24, 2.45) is 0 Å². The molecule has 132 valence electrons. The maximum atomic E-state index is 12.8. The second-order valence-corrected chi connectivity index (χ2v) is 6.34. The summed E-state index contributed by atoms with van der Waals surface area (Å²) >= 11 is 6.14. The van der Waals surface area contributed by atoms with Gasteiger partial charge in [-0.2, -0.15) is 0 Å². The Kier molecular flexibility index (Phi) is 3.85. The minimum Gasteiger partial charge on any atom is -0.454 e. The molecule has 0 spiro atoms. The number of carbonyl (C=O) groups excluding carboxylic acids is 2. The van der Waals surface area contributed by atoms with Crippen LogP contribution in [-0.4, -0.2) is 18.5 Å². The van der Waals surface area contributed by atoms with Crippen molar-refractivity contribution in [3.63, 3.8) is 0 Å². The number of fused-ring (bicyclic) bond motifs is 2. The number of para-hydroxylation sites is 1. The second-order valence-electron chi connectivity index (χ2n) is 5.93. The largest absolute Gasteiger partial charge is 0.454 e. The average Bonchev–Trinajstić information content (AvgIpc) is 3.19. The summed E-state index contributed by atoms with van der Waals surface area (Å²) in [7, 11) is 0. The van der Waals surface area contributed by atoms with Crippen LogP contribution >= 0.6 is 11.6 Å². The van der Waals surface area contributed by atoms with Crippen LogP contribution in [0.1, 0.15) is 33.4 Å². The third-order valence-corrected chi connectivity index (χ3v) is 4.56. The molecule has 6 nitrogen and oxygen atoms in total. The molecule has 2 heterocycles. The van der Waals surface area contributed by atoms with Gasteiger partial charge >= 0.3 is 0 Å². The van der Waals surface area contributed by atoms with Gasteiger partial charge in [-0.05, 0) is 26.0 Å². The lowest BCUT2D eigenvalue weighted by molar-refractivity contribution is 0.0998.